The van der Waals surface area contributed by atoms with Crippen molar-refractivity contribution in [3.8, 4) is 0 Å². The van der Waals surface area contributed by atoms with E-state index in [2.05, 4.69) is 11.8 Å². The van der Waals surface area contributed by atoms with Gasteiger partial charge in [-0.1, -0.05) is 43.7 Å². The fraction of sp³-hybridized carbons (Fsp3) is 0.500. The summed E-state index contributed by atoms with van der Waals surface area (Å²) >= 11 is 1.90. The number of fused-ring (bicyclic) bond motifs is 3. The zero-order valence-corrected chi connectivity index (χ0v) is 19.8. The van der Waals surface area contributed by atoms with Gasteiger partial charge in [0.25, 0.3) is 0 Å². The number of amides is 1. The fourth-order valence-electron chi connectivity index (χ4n) is 4.97. The van der Waals surface area contributed by atoms with Gasteiger partial charge in [-0.15, -0.1) is 11.3 Å². The third-order valence-electron chi connectivity index (χ3n) is 6.70. The highest BCUT2D eigenvalue weighted by Gasteiger charge is 2.27. The van der Waals surface area contributed by atoms with Crippen molar-refractivity contribution in [2.24, 2.45) is 0 Å². The van der Waals surface area contributed by atoms with Crippen LogP contribution in [0.3, 0.4) is 0 Å². The lowest BCUT2D eigenvalue weighted by molar-refractivity contribution is -0.130. The quantitative estimate of drug-likeness (QED) is 0.526. The molecule has 2 aromatic heterocycles. The van der Waals surface area contributed by atoms with Gasteiger partial charge in [0.15, 0.2) is 0 Å². The number of benzene rings is 1. The number of aromatic nitrogens is 2. The number of thiophene rings is 1. The van der Waals surface area contributed by atoms with Crippen LogP contribution in [0.2, 0.25) is 0 Å². The third kappa shape index (κ3) is 4.38. The molecule has 3 aromatic rings. The molecular weight excluding hydrogens is 416 g/mol. The van der Waals surface area contributed by atoms with Gasteiger partial charge < -0.3 is 9.80 Å². The molecular formula is C26H32N4OS. The normalized spacial score (nSPS) is 16.8. The van der Waals surface area contributed by atoms with Crippen molar-refractivity contribution >= 4 is 33.3 Å². The van der Waals surface area contributed by atoms with Crippen LogP contribution in [0.25, 0.3) is 10.2 Å². The van der Waals surface area contributed by atoms with Crippen LogP contribution < -0.4 is 4.90 Å². The number of hydrogen-bond donors (Lipinski definition) is 0. The Kier molecular flexibility index (Phi) is 6.39. The molecule has 2 aliphatic rings. The van der Waals surface area contributed by atoms with Gasteiger partial charge in [0, 0.05) is 37.5 Å². The molecule has 1 aromatic carbocycles. The summed E-state index contributed by atoms with van der Waals surface area (Å²) in [6.45, 7) is 5.37. The molecule has 0 atom stereocenters. The summed E-state index contributed by atoms with van der Waals surface area (Å²) in [6.07, 6.45) is 8.64. The SMILES string of the molecule is CCCc1nc(N2CCN(C(=O)Cc3ccccc3)CC2)c2c3c(sc2n1)CCCCC3. The predicted octanol–water partition coefficient (Wildman–Crippen LogP) is 4.80. The zero-order valence-electron chi connectivity index (χ0n) is 19.0. The van der Waals surface area contributed by atoms with E-state index in [4.69, 9.17) is 9.97 Å². The summed E-state index contributed by atoms with van der Waals surface area (Å²) in [6, 6.07) is 10.1. The van der Waals surface area contributed by atoms with E-state index in [1.807, 2.05) is 46.6 Å². The minimum atomic E-state index is 0.222. The molecule has 0 spiro atoms. The van der Waals surface area contributed by atoms with Crippen molar-refractivity contribution in [3.63, 3.8) is 0 Å². The third-order valence-corrected chi connectivity index (χ3v) is 7.88. The Labute approximate surface area is 194 Å². The smallest absolute Gasteiger partial charge is 0.227 e. The first-order valence-electron chi connectivity index (χ1n) is 12.1. The Morgan fingerprint density at radius 3 is 2.56 bits per heavy atom. The highest BCUT2D eigenvalue weighted by Crippen LogP contribution is 2.39. The Morgan fingerprint density at radius 1 is 1.00 bits per heavy atom. The molecule has 32 heavy (non-hydrogen) atoms. The number of hydrogen-bond acceptors (Lipinski definition) is 5. The van der Waals surface area contributed by atoms with Crippen LogP contribution in [-0.2, 0) is 30.5 Å². The van der Waals surface area contributed by atoms with Crippen LogP contribution in [0.4, 0.5) is 5.82 Å². The molecule has 1 aliphatic carbocycles. The number of nitrogens with zero attached hydrogens (tertiary/aromatic N) is 4. The zero-order chi connectivity index (χ0) is 21.9. The first kappa shape index (κ1) is 21.4. The molecule has 0 unspecified atom stereocenters. The fourth-order valence-corrected chi connectivity index (χ4v) is 6.25. The van der Waals surface area contributed by atoms with E-state index < -0.39 is 0 Å². The maximum Gasteiger partial charge on any atom is 0.227 e. The first-order valence-corrected chi connectivity index (χ1v) is 12.9. The number of aryl methyl sites for hydroxylation is 3. The molecule has 0 saturated carbocycles. The summed E-state index contributed by atoms with van der Waals surface area (Å²) in [7, 11) is 0. The molecule has 1 saturated heterocycles. The van der Waals surface area contributed by atoms with Crippen molar-refractivity contribution in [1.29, 1.82) is 0 Å². The maximum atomic E-state index is 12.8. The average Bonchev–Trinajstić information content (AvgIpc) is 3.00. The van der Waals surface area contributed by atoms with Crippen molar-refractivity contribution in [3.05, 3.63) is 52.2 Å². The number of anilines is 1. The number of carbonyl (C=O) groups is 1. The second-order valence-corrected chi connectivity index (χ2v) is 10.1. The Bertz CT molecular complexity index is 1090. The molecule has 3 heterocycles. The second-order valence-electron chi connectivity index (χ2n) is 8.99. The van der Waals surface area contributed by atoms with Gasteiger partial charge in [-0.25, -0.2) is 9.97 Å². The highest BCUT2D eigenvalue weighted by atomic mass is 32.1. The van der Waals surface area contributed by atoms with Crippen LogP contribution in [0.1, 0.15) is 54.4 Å². The van der Waals surface area contributed by atoms with Gasteiger partial charge >= 0.3 is 0 Å². The Hall–Kier alpha value is -2.47. The molecule has 5 rings (SSSR count). The van der Waals surface area contributed by atoms with Crippen LogP contribution in [-0.4, -0.2) is 47.0 Å². The number of carbonyl (C=O) groups excluding carboxylic acids is 1. The van der Waals surface area contributed by atoms with Gasteiger partial charge in [-0.2, -0.15) is 0 Å². The average molecular weight is 449 g/mol. The summed E-state index contributed by atoms with van der Waals surface area (Å²) in [4.78, 5) is 30.0. The van der Waals surface area contributed by atoms with Gasteiger partial charge in [-0.3, -0.25) is 4.79 Å². The number of rotatable bonds is 5. The van der Waals surface area contributed by atoms with E-state index >= 15 is 0 Å². The molecule has 5 nitrogen and oxygen atoms in total. The molecule has 1 amide bonds. The lowest BCUT2D eigenvalue weighted by Gasteiger charge is -2.36. The van der Waals surface area contributed by atoms with Crippen LogP contribution >= 0.6 is 11.3 Å². The van der Waals surface area contributed by atoms with Crippen molar-refractivity contribution in [2.45, 2.75) is 58.3 Å². The van der Waals surface area contributed by atoms with Crippen molar-refractivity contribution in [1.82, 2.24) is 14.9 Å². The summed E-state index contributed by atoms with van der Waals surface area (Å²) in [5.41, 5.74) is 2.59. The minimum absolute atomic E-state index is 0.222. The molecule has 0 N–H and O–H groups in total. The lowest BCUT2D eigenvalue weighted by atomic mass is 10.1. The van der Waals surface area contributed by atoms with Crippen LogP contribution in [0.5, 0.6) is 0 Å². The lowest BCUT2D eigenvalue weighted by Crippen LogP contribution is -2.49. The maximum absolute atomic E-state index is 12.8. The minimum Gasteiger partial charge on any atom is -0.352 e. The molecule has 0 bridgehead atoms. The Balaban J connectivity index is 1.38. The molecule has 0 radical (unpaired) electrons. The topological polar surface area (TPSA) is 49.3 Å². The second kappa shape index (κ2) is 9.57. The first-order chi connectivity index (χ1) is 15.7. The molecule has 1 fully saturated rings. The standard InChI is InChI=1S/C26H32N4OS/c1-2-9-22-27-25(24-20-12-7-4-8-13-21(20)32-26(24)28-22)30-16-14-29(15-17-30)23(31)18-19-10-5-3-6-11-19/h3,5-6,10-11H,2,4,7-9,12-18H2,1H3. The van der Waals surface area contributed by atoms with Crippen LogP contribution in [0.15, 0.2) is 30.3 Å². The van der Waals surface area contributed by atoms with Crippen LogP contribution in [0, 0.1) is 0 Å². The van der Waals surface area contributed by atoms with Gasteiger partial charge in [-0.05, 0) is 43.2 Å². The largest absolute Gasteiger partial charge is 0.352 e. The van der Waals surface area contributed by atoms with E-state index in [0.717, 1.165) is 62.6 Å². The van der Waals surface area contributed by atoms with E-state index in [0.29, 0.717) is 6.42 Å². The highest BCUT2D eigenvalue weighted by molar-refractivity contribution is 7.19. The number of piperazine rings is 1. The van der Waals surface area contributed by atoms with Gasteiger partial charge in [0.2, 0.25) is 5.91 Å². The molecule has 6 heteroatoms. The van der Waals surface area contributed by atoms with Crippen molar-refractivity contribution < 1.29 is 4.79 Å². The summed E-state index contributed by atoms with van der Waals surface area (Å²) in [5, 5.41) is 1.30. The molecule has 1 aliphatic heterocycles. The summed E-state index contributed by atoms with van der Waals surface area (Å²) < 4.78 is 0. The van der Waals surface area contributed by atoms with E-state index in [-0.39, 0.29) is 5.91 Å². The van der Waals surface area contributed by atoms with Gasteiger partial charge in [0.1, 0.15) is 16.5 Å². The van der Waals surface area contributed by atoms with E-state index in [9.17, 15) is 4.79 Å². The predicted molar refractivity (Wildman–Crippen MR) is 132 cm³/mol. The Morgan fingerprint density at radius 2 is 1.78 bits per heavy atom. The molecule has 168 valence electrons. The monoisotopic (exact) mass is 448 g/mol. The van der Waals surface area contributed by atoms with E-state index in [1.165, 1.54) is 46.3 Å². The summed E-state index contributed by atoms with van der Waals surface area (Å²) in [5.74, 6) is 2.31. The van der Waals surface area contributed by atoms with E-state index in [1.54, 1.807) is 0 Å². The van der Waals surface area contributed by atoms with Gasteiger partial charge in [0.05, 0.1) is 11.8 Å². The van der Waals surface area contributed by atoms with Crippen molar-refractivity contribution in [2.75, 3.05) is 31.1 Å².